The third-order valence-electron chi connectivity index (χ3n) is 3.86. The minimum Gasteiger partial charge on any atom is -0.385 e. The van der Waals surface area contributed by atoms with Gasteiger partial charge in [0.25, 0.3) is 0 Å². The summed E-state index contributed by atoms with van der Waals surface area (Å²) in [6, 6.07) is 9.00. The van der Waals surface area contributed by atoms with Gasteiger partial charge in [0, 0.05) is 6.04 Å². The highest BCUT2D eigenvalue weighted by Gasteiger charge is 2.42. The third-order valence-corrected chi connectivity index (χ3v) is 3.86. The van der Waals surface area contributed by atoms with E-state index in [4.69, 9.17) is 0 Å². The van der Waals surface area contributed by atoms with Crippen molar-refractivity contribution in [3.63, 3.8) is 0 Å². The van der Waals surface area contributed by atoms with Crippen LogP contribution >= 0.6 is 0 Å². The average molecular weight is 217 g/mol. The third kappa shape index (κ3) is 1.87. The molecule has 1 saturated carbocycles. The molecule has 1 saturated heterocycles. The van der Waals surface area contributed by atoms with Crippen LogP contribution in [0, 0.1) is 0 Å². The van der Waals surface area contributed by atoms with Crippen molar-refractivity contribution in [3.8, 4) is 0 Å². The molecule has 1 aromatic rings. The first-order valence-electron chi connectivity index (χ1n) is 6.34. The molecule has 0 aromatic heterocycles. The first kappa shape index (κ1) is 10.3. The Kier molecular flexibility index (Phi) is 2.49. The number of nitrogens with one attached hydrogen (secondary N) is 1. The summed E-state index contributed by atoms with van der Waals surface area (Å²) in [7, 11) is 0. The molecule has 2 N–H and O–H groups in total. The summed E-state index contributed by atoms with van der Waals surface area (Å²) in [6.45, 7) is 1.12. The molecule has 1 aromatic carbocycles. The Morgan fingerprint density at radius 3 is 2.81 bits per heavy atom. The van der Waals surface area contributed by atoms with E-state index in [-0.39, 0.29) is 0 Å². The quantitative estimate of drug-likeness (QED) is 0.797. The van der Waals surface area contributed by atoms with Crippen molar-refractivity contribution in [2.45, 2.75) is 43.7 Å². The molecule has 1 heterocycles. The highest BCUT2D eigenvalue weighted by Crippen LogP contribution is 2.45. The summed E-state index contributed by atoms with van der Waals surface area (Å²) >= 11 is 0. The molecule has 86 valence electrons. The maximum Gasteiger partial charge on any atom is 0.0899 e. The van der Waals surface area contributed by atoms with Gasteiger partial charge in [-0.2, -0.15) is 0 Å². The lowest BCUT2D eigenvalue weighted by molar-refractivity contribution is 0.151. The predicted molar refractivity (Wildman–Crippen MR) is 64.2 cm³/mol. The summed E-state index contributed by atoms with van der Waals surface area (Å²) in [5.41, 5.74) is 1.96. The summed E-state index contributed by atoms with van der Waals surface area (Å²) in [6.07, 6.45) is 5.68. The Morgan fingerprint density at radius 1 is 1.25 bits per heavy atom. The van der Waals surface area contributed by atoms with Gasteiger partial charge in [-0.15, -0.1) is 0 Å². The SMILES string of the molecule is OC1(c2cccc(C3CCCCN3)c2)CC1. The number of hydrogen-bond acceptors (Lipinski definition) is 2. The lowest BCUT2D eigenvalue weighted by atomic mass is 9.94. The second-order valence-electron chi connectivity index (χ2n) is 5.16. The van der Waals surface area contributed by atoms with E-state index < -0.39 is 5.60 Å². The smallest absolute Gasteiger partial charge is 0.0899 e. The fourth-order valence-electron chi connectivity index (χ4n) is 2.59. The van der Waals surface area contributed by atoms with E-state index in [9.17, 15) is 5.11 Å². The van der Waals surface area contributed by atoms with Gasteiger partial charge < -0.3 is 10.4 Å². The normalized spacial score (nSPS) is 27.7. The summed E-state index contributed by atoms with van der Waals surface area (Å²) < 4.78 is 0. The molecule has 1 aliphatic heterocycles. The van der Waals surface area contributed by atoms with E-state index in [0.29, 0.717) is 6.04 Å². The number of piperidine rings is 1. The summed E-state index contributed by atoms with van der Waals surface area (Å²) in [4.78, 5) is 0. The van der Waals surface area contributed by atoms with Crippen molar-refractivity contribution < 1.29 is 5.11 Å². The highest BCUT2D eigenvalue weighted by molar-refractivity contribution is 5.33. The van der Waals surface area contributed by atoms with E-state index in [0.717, 1.165) is 24.9 Å². The van der Waals surface area contributed by atoms with Crippen LogP contribution in [0.2, 0.25) is 0 Å². The predicted octanol–water partition coefficient (Wildman–Crippen LogP) is 2.48. The molecule has 3 rings (SSSR count). The van der Waals surface area contributed by atoms with Crippen molar-refractivity contribution in [3.05, 3.63) is 35.4 Å². The van der Waals surface area contributed by atoms with E-state index in [2.05, 4.69) is 29.6 Å². The van der Waals surface area contributed by atoms with Crippen molar-refractivity contribution in [2.75, 3.05) is 6.54 Å². The van der Waals surface area contributed by atoms with Crippen LogP contribution in [0.4, 0.5) is 0 Å². The van der Waals surface area contributed by atoms with Crippen LogP contribution in [0.5, 0.6) is 0 Å². The van der Waals surface area contributed by atoms with Crippen molar-refractivity contribution >= 4 is 0 Å². The van der Waals surface area contributed by atoms with Crippen molar-refractivity contribution in [1.82, 2.24) is 5.32 Å². The van der Waals surface area contributed by atoms with Gasteiger partial charge in [0.2, 0.25) is 0 Å². The molecular weight excluding hydrogens is 198 g/mol. The summed E-state index contributed by atoms with van der Waals surface area (Å²) in [5.74, 6) is 0. The Hall–Kier alpha value is -0.860. The van der Waals surface area contributed by atoms with Crippen LogP contribution in [-0.4, -0.2) is 11.7 Å². The van der Waals surface area contributed by atoms with Gasteiger partial charge in [-0.05, 0) is 43.4 Å². The molecule has 0 radical (unpaired) electrons. The lowest BCUT2D eigenvalue weighted by Gasteiger charge is -2.24. The van der Waals surface area contributed by atoms with Gasteiger partial charge in [-0.3, -0.25) is 0 Å². The molecule has 2 aliphatic rings. The van der Waals surface area contributed by atoms with Gasteiger partial charge in [0.05, 0.1) is 5.60 Å². The minimum atomic E-state index is -0.495. The van der Waals surface area contributed by atoms with E-state index >= 15 is 0 Å². The van der Waals surface area contributed by atoms with Crippen molar-refractivity contribution in [1.29, 1.82) is 0 Å². The monoisotopic (exact) mass is 217 g/mol. The number of rotatable bonds is 2. The molecule has 0 amide bonds. The topological polar surface area (TPSA) is 32.3 Å². The van der Waals surface area contributed by atoms with Gasteiger partial charge in [0.1, 0.15) is 0 Å². The maximum atomic E-state index is 10.1. The largest absolute Gasteiger partial charge is 0.385 e. The molecule has 2 nitrogen and oxygen atoms in total. The second-order valence-corrected chi connectivity index (χ2v) is 5.16. The molecule has 0 spiro atoms. The van der Waals surface area contributed by atoms with Gasteiger partial charge in [-0.25, -0.2) is 0 Å². The molecular formula is C14H19NO. The standard InChI is InChI=1S/C14H19NO/c16-14(7-8-14)12-5-3-4-11(10-12)13-6-1-2-9-15-13/h3-5,10,13,15-16H,1-2,6-9H2. The van der Waals surface area contributed by atoms with Crippen LogP contribution in [0.25, 0.3) is 0 Å². The number of hydrogen-bond donors (Lipinski definition) is 2. The fourth-order valence-corrected chi connectivity index (χ4v) is 2.59. The van der Waals surface area contributed by atoms with Gasteiger partial charge in [0.15, 0.2) is 0 Å². The Labute approximate surface area is 96.7 Å². The minimum absolute atomic E-state index is 0.495. The van der Waals surface area contributed by atoms with Gasteiger partial charge in [-0.1, -0.05) is 30.7 Å². The fraction of sp³-hybridized carbons (Fsp3) is 0.571. The maximum absolute atomic E-state index is 10.1. The van der Waals surface area contributed by atoms with Crippen LogP contribution in [0.15, 0.2) is 24.3 Å². The van der Waals surface area contributed by atoms with Crippen molar-refractivity contribution in [2.24, 2.45) is 0 Å². The Balaban J connectivity index is 1.84. The van der Waals surface area contributed by atoms with Crippen LogP contribution in [-0.2, 0) is 5.60 Å². The molecule has 0 bridgehead atoms. The summed E-state index contributed by atoms with van der Waals surface area (Å²) in [5, 5.41) is 13.7. The Morgan fingerprint density at radius 2 is 2.12 bits per heavy atom. The first-order valence-corrected chi connectivity index (χ1v) is 6.34. The molecule has 2 fully saturated rings. The lowest BCUT2D eigenvalue weighted by Crippen LogP contribution is -2.26. The first-order chi connectivity index (χ1) is 7.78. The zero-order valence-electron chi connectivity index (χ0n) is 9.58. The molecule has 1 unspecified atom stereocenters. The zero-order chi connectivity index (χ0) is 11.0. The molecule has 1 aliphatic carbocycles. The number of benzene rings is 1. The van der Waals surface area contributed by atoms with Gasteiger partial charge >= 0.3 is 0 Å². The highest BCUT2D eigenvalue weighted by atomic mass is 16.3. The van der Waals surface area contributed by atoms with Crippen LogP contribution in [0.3, 0.4) is 0 Å². The molecule has 16 heavy (non-hydrogen) atoms. The average Bonchev–Trinajstić information content (AvgIpc) is 3.10. The number of aliphatic hydroxyl groups is 1. The second kappa shape index (κ2) is 3.86. The van der Waals surface area contributed by atoms with E-state index in [1.807, 2.05) is 0 Å². The zero-order valence-corrected chi connectivity index (χ0v) is 9.58. The van der Waals surface area contributed by atoms with Crippen LogP contribution in [0.1, 0.15) is 49.3 Å². The molecule has 2 heteroatoms. The van der Waals surface area contributed by atoms with E-state index in [1.54, 1.807) is 0 Å². The van der Waals surface area contributed by atoms with Crippen LogP contribution < -0.4 is 5.32 Å². The Bertz CT molecular complexity index is 378. The van der Waals surface area contributed by atoms with E-state index in [1.165, 1.54) is 24.8 Å². The molecule has 1 atom stereocenters.